The predicted octanol–water partition coefficient (Wildman–Crippen LogP) is 2.66. The van der Waals surface area contributed by atoms with E-state index in [-0.39, 0.29) is 5.78 Å². The van der Waals surface area contributed by atoms with Gasteiger partial charge < -0.3 is 4.90 Å². The largest absolute Gasteiger partial charge is 0.306 e. The summed E-state index contributed by atoms with van der Waals surface area (Å²) >= 11 is 3.39. The van der Waals surface area contributed by atoms with Crippen molar-refractivity contribution in [2.45, 2.75) is 18.9 Å². The molecule has 0 saturated carbocycles. The van der Waals surface area contributed by atoms with Crippen LogP contribution in [0, 0.1) is 0 Å². The van der Waals surface area contributed by atoms with Crippen molar-refractivity contribution in [2.24, 2.45) is 0 Å². The second-order valence-electron chi connectivity index (χ2n) is 5.40. The van der Waals surface area contributed by atoms with Crippen molar-refractivity contribution in [2.75, 3.05) is 33.7 Å². The number of carbonyl (C=O) groups excluding carboxylic acids is 1. The number of ketones is 1. The number of piperidine rings is 1. The summed E-state index contributed by atoms with van der Waals surface area (Å²) in [5.41, 5.74) is 0.804. The van der Waals surface area contributed by atoms with Gasteiger partial charge in [-0.3, -0.25) is 9.69 Å². The van der Waals surface area contributed by atoms with Gasteiger partial charge >= 0.3 is 0 Å². The number of nitrogens with zero attached hydrogens (tertiary/aromatic N) is 2. The van der Waals surface area contributed by atoms with Crippen molar-refractivity contribution in [3.05, 3.63) is 34.3 Å². The quantitative estimate of drug-likeness (QED) is 0.795. The third-order valence-electron chi connectivity index (χ3n) is 3.82. The van der Waals surface area contributed by atoms with E-state index in [1.165, 1.54) is 0 Å². The molecule has 0 spiro atoms. The molecule has 2 rings (SSSR count). The molecule has 0 aromatic heterocycles. The highest BCUT2D eigenvalue weighted by molar-refractivity contribution is 9.10. The highest BCUT2D eigenvalue weighted by Gasteiger charge is 2.22. The summed E-state index contributed by atoms with van der Waals surface area (Å²) in [5, 5.41) is 0. The normalized spacial score (nSPS) is 17.9. The molecule has 0 atom stereocenters. The fraction of sp³-hybridized carbons (Fsp3) is 0.533. The van der Waals surface area contributed by atoms with Crippen LogP contribution in [0.4, 0.5) is 0 Å². The minimum Gasteiger partial charge on any atom is -0.306 e. The average molecular weight is 325 g/mol. The smallest absolute Gasteiger partial charge is 0.176 e. The minimum absolute atomic E-state index is 0.218. The summed E-state index contributed by atoms with van der Waals surface area (Å²) in [7, 11) is 4.26. The lowest BCUT2D eigenvalue weighted by atomic mass is 10.0. The Bertz CT molecular complexity index is 422. The molecule has 1 fully saturated rings. The Morgan fingerprint density at radius 2 is 1.84 bits per heavy atom. The first kappa shape index (κ1) is 14.7. The fourth-order valence-electron chi connectivity index (χ4n) is 2.52. The molecule has 0 aliphatic carbocycles. The van der Waals surface area contributed by atoms with Crippen LogP contribution in [0.5, 0.6) is 0 Å². The Labute approximate surface area is 123 Å². The van der Waals surface area contributed by atoms with Gasteiger partial charge in [0.05, 0.1) is 6.54 Å². The maximum atomic E-state index is 12.2. The van der Waals surface area contributed by atoms with Crippen molar-refractivity contribution < 1.29 is 4.79 Å². The Kier molecular flexibility index (Phi) is 5.13. The van der Waals surface area contributed by atoms with Gasteiger partial charge in [0.15, 0.2) is 5.78 Å². The molecule has 19 heavy (non-hydrogen) atoms. The Morgan fingerprint density at radius 1 is 1.26 bits per heavy atom. The van der Waals surface area contributed by atoms with Crippen LogP contribution in [0.25, 0.3) is 0 Å². The molecule has 4 heteroatoms. The summed E-state index contributed by atoms with van der Waals surface area (Å²) in [6.45, 7) is 2.58. The van der Waals surface area contributed by atoms with E-state index in [9.17, 15) is 4.79 Å². The lowest BCUT2D eigenvalue weighted by Crippen LogP contribution is -2.43. The van der Waals surface area contributed by atoms with E-state index in [4.69, 9.17) is 0 Å². The zero-order chi connectivity index (χ0) is 13.8. The first-order valence-electron chi connectivity index (χ1n) is 6.74. The van der Waals surface area contributed by atoms with Crippen LogP contribution in [0.15, 0.2) is 28.7 Å². The van der Waals surface area contributed by atoms with Crippen molar-refractivity contribution in [1.29, 1.82) is 0 Å². The van der Waals surface area contributed by atoms with Gasteiger partial charge in [-0.2, -0.15) is 0 Å². The van der Waals surface area contributed by atoms with Gasteiger partial charge in [0, 0.05) is 29.2 Å². The number of benzene rings is 1. The molecular weight excluding hydrogens is 304 g/mol. The molecule has 0 unspecified atom stereocenters. The maximum absolute atomic E-state index is 12.2. The number of likely N-dealkylation sites (tertiary alicyclic amines) is 1. The summed E-state index contributed by atoms with van der Waals surface area (Å²) in [6.07, 6.45) is 2.31. The molecule has 0 amide bonds. The summed E-state index contributed by atoms with van der Waals surface area (Å²) in [5.74, 6) is 0.218. The van der Waals surface area contributed by atoms with E-state index >= 15 is 0 Å². The highest BCUT2D eigenvalue weighted by atomic mass is 79.9. The molecule has 104 valence electrons. The molecule has 1 saturated heterocycles. The number of hydrogen-bond acceptors (Lipinski definition) is 3. The monoisotopic (exact) mass is 324 g/mol. The second kappa shape index (κ2) is 6.64. The highest BCUT2D eigenvalue weighted by Crippen LogP contribution is 2.15. The van der Waals surface area contributed by atoms with Crippen molar-refractivity contribution >= 4 is 21.7 Å². The zero-order valence-electron chi connectivity index (χ0n) is 11.6. The van der Waals surface area contributed by atoms with Gasteiger partial charge in [0.2, 0.25) is 0 Å². The van der Waals surface area contributed by atoms with Crippen molar-refractivity contribution in [3.63, 3.8) is 0 Å². The third-order valence-corrected chi connectivity index (χ3v) is 4.35. The minimum atomic E-state index is 0.218. The first-order valence-corrected chi connectivity index (χ1v) is 7.53. The fourth-order valence-corrected chi connectivity index (χ4v) is 2.79. The summed E-state index contributed by atoms with van der Waals surface area (Å²) in [6, 6.07) is 8.29. The lowest BCUT2D eigenvalue weighted by molar-refractivity contribution is 0.0874. The SMILES string of the molecule is CN(C)C1CCN(CC(=O)c2ccc(Br)cc2)CC1. The van der Waals surface area contributed by atoms with Gasteiger partial charge in [-0.15, -0.1) is 0 Å². The average Bonchev–Trinajstić information content (AvgIpc) is 2.40. The Balaban J connectivity index is 1.85. The molecular formula is C15H21BrN2O. The number of halogens is 1. The third kappa shape index (κ3) is 4.13. The van der Waals surface area contributed by atoms with Crippen LogP contribution in [0.2, 0.25) is 0 Å². The zero-order valence-corrected chi connectivity index (χ0v) is 13.2. The molecule has 0 bridgehead atoms. The van der Waals surface area contributed by atoms with E-state index in [0.717, 1.165) is 36.0 Å². The van der Waals surface area contributed by atoms with E-state index in [0.29, 0.717) is 12.6 Å². The Morgan fingerprint density at radius 3 is 2.37 bits per heavy atom. The molecule has 1 aromatic carbocycles. The van der Waals surface area contributed by atoms with Crippen LogP contribution in [-0.2, 0) is 0 Å². The summed E-state index contributed by atoms with van der Waals surface area (Å²) in [4.78, 5) is 16.7. The van der Waals surface area contributed by atoms with E-state index in [1.54, 1.807) is 0 Å². The second-order valence-corrected chi connectivity index (χ2v) is 6.32. The van der Waals surface area contributed by atoms with Gasteiger partial charge in [-0.25, -0.2) is 0 Å². The topological polar surface area (TPSA) is 23.6 Å². The van der Waals surface area contributed by atoms with E-state index in [2.05, 4.69) is 39.8 Å². The number of rotatable bonds is 4. The van der Waals surface area contributed by atoms with Crippen LogP contribution in [0.3, 0.4) is 0 Å². The van der Waals surface area contributed by atoms with E-state index < -0.39 is 0 Å². The summed E-state index contributed by atoms with van der Waals surface area (Å²) < 4.78 is 1.01. The number of Topliss-reactive ketones (excluding diaryl/α,β-unsaturated/α-hetero) is 1. The molecule has 1 aromatic rings. The maximum Gasteiger partial charge on any atom is 0.176 e. The van der Waals surface area contributed by atoms with Gasteiger partial charge in [0.25, 0.3) is 0 Å². The predicted molar refractivity (Wildman–Crippen MR) is 81.6 cm³/mol. The molecule has 1 aliphatic rings. The lowest BCUT2D eigenvalue weighted by Gasteiger charge is -2.34. The van der Waals surface area contributed by atoms with Crippen LogP contribution in [-0.4, -0.2) is 55.4 Å². The van der Waals surface area contributed by atoms with Crippen LogP contribution < -0.4 is 0 Å². The molecule has 0 radical (unpaired) electrons. The first-order chi connectivity index (χ1) is 9.06. The number of hydrogen-bond donors (Lipinski definition) is 0. The van der Waals surface area contributed by atoms with Crippen LogP contribution in [0.1, 0.15) is 23.2 Å². The molecule has 1 heterocycles. The van der Waals surface area contributed by atoms with Gasteiger partial charge in [0.1, 0.15) is 0 Å². The van der Waals surface area contributed by atoms with E-state index in [1.807, 2.05) is 24.3 Å². The van der Waals surface area contributed by atoms with Crippen molar-refractivity contribution in [1.82, 2.24) is 9.80 Å². The van der Waals surface area contributed by atoms with Crippen LogP contribution >= 0.6 is 15.9 Å². The molecule has 3 nitrogen and oxygen atoms in total. The standard InChI is InChI=1S/C15H21BrN2O/c1-17(2)14-7-9-18(10-8-14)11-15(19)12-3-5-13(16)6-4-12/h3-6,14H,7-11H2,1-2H3. The van der Waals surface area contributed by atoms with Gasteiger partial charge in [-0.05, 0) is 39.1 Å². The van der Waals surface area contributed by atoms with Crippen molar-refractivity contribution in [3.8, 4) is 0 Å². The molecule has 0 N–H and O–H groups in total. The van der Waals surface area contributed by atoms with Gasteiger partial charge in [-0.1, -0.05) is 28.1 Å². The number of carbonyl (C=O) groups is 1. The molecule has 1 aliphatic heterocycles. The Hall–Kier alpha value is -0.710.